The molecule has 4 rings (SSSR count). The van der Waals surface area contributed by atoms with Crippen molar-refractivity contribution in [2.45, 2.75) is 37.2 Å². The smallest absolute Gasteiger partial charge is 0.115 e. The molecule has 1 aromatic heterocycles. The zero-order valence-corrected chi connectivity index (χ0v) is 14.1. The van der Waals surface area contributed by atoms with Gasteiger partial charge in [0.2, 0.25) is 0 Å². The van der Waals surface area contributed by atoms with Gasteiger partial charge in [-0.1, -0.05) is 30.3 Å². The van der Waals surface area contributed by atoms with Gasteiger partial charge in [0.1, 0.15) is 6.33 Å². The summed E-state index contributed by atoms with van der Waals surface area (Å²) in [5.41, 5.74) is 2.74. The minimum absolute atomic E-state index is 0.0871. The molecular weight excluding hydrogens is 298 g/mol. The molecule has 0 amide bonds. The van der Waals surface area contributed by atoms with Gasteiger partial charge in [-0.15, -0.1) is 0 Å². The van der Waals surface area contributed by atoms with Gasteiger partial charge < -0.3 is 9.64 Å². The zero-order valence-electron chi connectivity index (χ0n) is 14.1. The Labute approximate surface area is 143 Å². The first-order valence-corrected chi connectivity index (χ1v) is 8.98. The number of piperidine rings is 1. The molecular formula is C20H25N3O. The quantitative estimate of drug-likeness (QED) is 0.867. The van der Waals surface area contributed by atoms with Crippen molar-refractivity contribution in [2.75, 3.05) is 26.2 Å². The van der Waals surface area contributed by atoms with Gasteiger partial charge in [-0.05, 0) is 36.8 Å². The highest BCUT2D eigenvalue weighted by Gasteiger charge is 2.43. The number of hydrogen-bond acceptors (Lipinski definition) is 4. The molecule has 4 nitrogen and oxygen atoms in total. The third-order valence-corrected chi connectivity index (χ3v) is 5.59. The maximum Gasteiger partial charge on any atom is 0.115 e. The molecule has 0 N–H and O–H groups in total. The Bertz CT molecular complexity index is 638. The third kappa shape index (κ3) is 3.50. The highest BCUT2D eigenvalue weighted by molar-refractivity contribution is 5.16. The fourth-order valence-electron chi connectivity index (χ4n) is 4.04. The molecule has 3 heterocycles. The van der Waals surface area contributed by atoms with Crippen molar-refractivity contribution in [3.8, 4) is 0 Å². The van der Waals surface area contributed by atoms with Crippen molar-refractivity contribution in [2.24, 2.45) is 0 Å². The maximum atomic E-state index is 6.28. The van der Waals surface area contributed by atoms with E-state index in [9.17, 15) is 0 Å². The van der Waals surface area contributed by atoms with Crippen LogP contribution in [0.15, 0.2) is 49.1 Å². The lowest BCUT2D eigenvalue weighted by Gasteiger charge is -2.38. The Morgan fingerprint density at radius 1 is 1.08 bits per heavy atom. The first-order valence-electron chi connectivity index (χ1n) is 8.98. The van der Waals surface area contributed by atoms with E-state index in [0.29, 0.717) is 5.92 Å². The van der Waals surface area contributed by atoms with Crippen LogP contribution in [0.5, 0.6) is 0 Å². The predicted molar refractivity (Wildman–Crippen MR) is 93.9 cm³/mol. The molecule has 4 heteroatoms. The van der Waals surface area contributed by atoms with Crippen LogP contribution < -0.4 is 0 Å². The lowest BCUT2D eigenvalue weighted by molar-refractivity contribution is -0.0431. The van der Waals surface area contributed by atoms with Crippen LogP contribution in [-0.4, -0.2) is 46.7 Å². The van der Waals surface area contributed by atoms with Gasteiger partial charge in [0.15, 0.2) is 0 Å². The Morgan fingerprint density at radius 3 is 2.58 bits per heavy atom. The van der Waals surface area contributed by atoms with Crippen LogP contribution in [0.2, 0.25) is 0 Å². The van der Waals surface area contributed by atoms with E-state index in [4.69, 9.17) is 4.74 Å². The highest BCUT2D eigenvalue weighted by atomic mass is 16.5. The molecule has 1 spiro atoms. The van der Waals surface area contributed by atoms with Gasteiger partial charge in [0.25, 0.3) is 0 Å². The molecule has 0 radical (unpaired) electrons. The minimum Gasteiger partial charge on any atom is -0.374 e. The zero-order chi connectivity index (χ0) is 16.2. The number of benzene rings is 1. The Hall–Kier alpha value is -1.78. The number of aromatic nitrogens is 2. The van der Waals surface area contributed by atoms with E-state index < -0.39 is 0 Å². The molecule has 0 aliphatic carbocycles. The second kappa shape index (κ2) is 6.99. The van der Waals surface area contributed by atoms with E-state index in [-0.39, 0.29) is 5.60 Å². The van der Waals surface area contributed by atoms with E-state index in [1.807, 2.05) is 12.4 Å². The Kier molecular flexibility index (Phi) is 4.58. The van der Waals surface area contributed by atoms with Crippen molar-refractivity contribution in [3.05, 3.63) is 60.2 Å². The Balaban J connectivity index is 1.28. The van der Waals surface area contributed by atoms with E-state index in [1.165, 1.54) is 11.1 Å². The highest BCUT2D eigenvalue weighted by Crippen LogP contribution is 2.42. The molecule has 2 aliphatic heterocycles. The number of nitrogens with zero attached hydrogens (tertiary/aromatic N) is 3. The summed E-state index contributed by atoms with van der Waals surface area (Å²) < 4.78 is 6.28. The number of likely N-dealkylation sites (tertiary alicyclic amines) is 1. The lowest BCUT2D eigenvalue weighted by Crippen LogP contribution is -2.44. The summed E-state index contributed by atoms with van der Waals surface area (Å²) in [5.74, 6) is 0.460. The van der Waals surface area contributed by atoms with E-state index in [0.717, 1.165) is 51.9 Å². The second-order valence-electron chi connectivity index (χ2n) is 7.14. The topological polar surface area (TPSA) is 38.2 Å². The average molecular weight is 323 g/mol. The van der Waals surface area contributed by atoms with Gasteiger partial charge in [-0.2, -0.15) is 0 Å². The first-order chi connectivity index (χ1) is 11.8. The molecule has 24 heavy (non-hydrogen) atoms. The van der Waals surface area contributed by atoms with Gasteiger partial charge in [0, 0.05) is 37.9 Å². The molecule has 1 aromatic carbocycles. The number of hydrogen-bond donors (Lipinski definition) is 0. The molecule has 2 fully saturated rings. The average Bonchev–Trinajstić information content (AvgIpc) is 3.07. The van der Waals surface area contributed by atoms with Crippen LogP contribution in [0.3, 0.4) is 0 Å². The Morgan fingerprint density at radius 2 is 1.83 bits per heavy atom. The van der Waals surface area contributed by atoms with Gasteiger partial charge in [-0.25, -0.2) is 9.97 Å². The molecule has 126 valence electrons. The van der Waals surface area contributed by atoms with Gasteiger partial charge in [-0.3, -0.25) is 0 Å². The van der Waals surface area contributed by atoms with Crippen LogP contribution in [0.4, 0.5) is 0 Å². The number of ether oxygens (including phenoxy) is 1. The standard InChI is InChI=1S/C20H25N3O/c1-2-4-17(5-3-1)6-9-23-10-7-20(8-11-23)12-18(15-24-20)19-13-21-16-22-14-19/h1-5,13-14,16,18H,6-12,15H2. The van der Waals surface area contributed by atoms with Crippen LogP contribution in [-0.2, 0) is 11.2 Å². The van der Waals surface area contributed by atoms with Crippen LogP contribution in [0, 0.1) is 0 Å². The third-order valence-electron chi connectivity index (χ3n) is 5.59. The molecule has 2 saturated heterocycles. The van der Waals surface area contributed by atoms with Crippen LogP contribution in [0.1, 0.15) is 36.3 Å². The van der Waals surface area contributed by atoms with Crippen LogP contribution >= 0.6 is 0 Å². The van der Waals surface area contributed by atoms with Crippen molar-refractivity contribution in [1.82, 2.24) is 14.9 Å². The maximum absolute atomic E-state index is 6.28. The summed E-state index contributed by atoms with van der Waals surface area (Å²) >= 11 is 0. The fourth-order valence-corrected chi connectivity index (χ4v) is 4.04. The molecule has 2 aliphatic rings. The molecule has 1 unspecified atom stereocenters. The molecule has 0 saturated carbocycles. The SMILES string of the molecule is c1ccc(CCN2CCC3(CC2)CC(c2cncnc2)CO3)cc1. The number of rotatable bonds is 4. The summed E-state index contributed by atoms with van der Waals surface area (Å²) in [4.78, 5) is 10.9. The largest absolute Gasteiger partial charge is 0.374 e. The minimum atomic E-state index is 0.0871. The monoisotopic (exact) mass is 323 g/mol. The van der Waals surface area contributed by atoms with E-state index in [1.54, 1.807) is 6.33 Å². The summed E-state index contributed by atoms with van der Waals surface area (Å²) in [6.45, 7) is 4.25. The predicted octanol–water partition coefficient (Wildman–Crippen LogP) is 3.06. The summed E-state index contributed by atoms with van der Waals surface area (Å²) in [5, 5.41) is 0. The van der Waals surface area contributed by atoms with E-state index in [2.05, 4.69) is 45.2 Å². The summed E-state index contributed by atoms with van der Waals surface area (Å²) in [6, 6.07) is 10.8. The summed E-state index contributed by atoms with van der Waals surface area (Å²) in [6.07, 6.45) is 10.0. The van der Waals surface area contributed by atoms with E-state index >= 15 is 0 Å². The molecule has 1 atom stereocenters. The molecule has 0 bridgehead atoms. The van der Waals surface area contributed by atoms with Gasteiger partial charge in [0.05, 0.1) is 12.2 Å². The van der Waals surface area contributed by atoms with Crippen molar-refractivity contribution in [1.29, 1.82) is 0 Å². The molecule has 2 aromatic rings. The van der Waals surface area contributed by atoms with Gasteiger partial charge >= 0.3 is 0 Å². The van der Waals surface area contributed by atoms with Crippen molar-refractivity contribution < 1.29 is 4.74 Å². The first kappa shape index (κ1) is 15.7. The summed E-state index contributed by atoms with van der Waals surface area (Å²) in [7, 11) is 0. The normalized spacial score (nSPS) is 23.6. The second-order valence-corrected chi connectivity index (χ2v) is 7.14. The van der Waals surface area contributed by atoms with Crippen LogP contribution in [0.25, 0.3) is 0 Å². The lowest BCUT2D eigenvalue weighted by atomic mass is 9.83. The fraction of sp³-hybridized carbons (Fsp3) is 0.500. The van der Waals surface area contributed by atoms with Crippen molar-refractivity contribution >= 4 is 0 Å². The van der Waals surface area contributed by atoms with Crippen molar-refractivity contribution in [3.63, 3.8) is 0 Å².